The van der Waals surface area contributed by atoms with Crippen LogP contribution in [0.15, 0.2) is 28.0 Å². The van der Waals surface area contributed by atoms with Gasteiger partial charge in [0.05, 0.1) is 16.7 Å². The van der Waals surface area contributed by atoms with Crippen LogP contribution in [0.2, 0.25) is 0 Å². The van der Waals surface area contributed by atoms with Crippen molar-refractivity contribution in [3.05, 3.63) is 24.0 Å². The van der Waals surface area contributed by atoms with E-state index < -0.39 is 37.7 Å². The van der Waals surface area contributed by atoms with Crippen molar-refractivity contribution in [1.29, 1.82) is 5.26 Å². The second-order valence-electron chi connectivity index (χ2n) is 7.93. The topological polar surface area (TPSA) is 136 Å². The van der Waals surface area contributed by atoms with Crippen molar-refractivity contribution in [2.24, 2.45) is 11.8 Å². The fraction of sp³-hybridized carbons (Fsp3) is 0.600. The largest absolute Gasteiger partial charge is 0.343 e. The number of hydrogen-bond donors (Lipinski definition) is 2. The van der Waals surface area contributed by atoms with Crippen LogP contribution in [0, 0.1) is 29.0 Å². The van der Waals surface area contributed by atoms with E-state index in [-0.39, 0.29) is 40.3 Å². The molecule has 13 heteroatoms. The molecular formula is C20H29FN4O5S3. The standard InChI is InChI=1S/C20H29FN4O5S3/c1-25(2)33(29,30)24-11-12-31-19-8-7-16(13-18(19)21)32(27,28)14-15-5-3-4-6-17(15)20(26)23-10-9-22/h7-8,13,15,17,24H,3-6,10-12,14H2,1-2H3,(H,23,26)/t15-,17+/m1/s1. The quantitative estimate of drug-likeness (QED) is 0.256. The molecule has 1 aliphatic carbocycles. The molecule has 1 fully saturated rings. The molecule has 33 heavy (non-hydrogen) atoms. The van der Waals surface area contributed by atoms with Crippen molar-refractivity contribution in [1.82, 2.24) is 14.3 Å². The Kier molecular flexibility index (Phi) is 10.1. The number of nitriles is 1. The number of carbonyl (C=O) groups is 1. The lowest BCUT2D eigenvalue weighted by molar-refractivity contribution is -0.127. The first kappa shape index (κ1) is 27.5. The zero-order valence-electron chi connectivity index (χ0n) is 18.6. The summed E-state index contributed by atoms with van der Waals surface area (Å²) in [5.74, 6) is -1.92. The van der Waals surface area contributed by atoms with E-state index in [0.29, 0.717) is 12.8 Å². The average Bonchev–Trinajstić information content (AvgIpc) is 2.75. The van der Waals surface area contributed by atoms with Gasteiger partial charge in [-0.1, -0.05) is 12.8 Å². The molecule has 9 nitrogen and oxygen atoms in total. The van der Waals surface area contributed by atoms with Crippen LogP contribution in [0.1, 0.15) is 25.7 Å². The highest BCUT2D eigenvalue weighted by Gasteiger charge is 2.34. The fourth-order valence-corrected chi connectivity index (χ4v) is 6.89. The Morgan fingerprint density at radius 3 is 2.58 bits per heavy atom. The van der Waals surface area contributed by atoms with Gasteiger partial charge in [0.1, 0.15) is 12.4 Å². The van der Waals surface area contributed by atoms with E-state index in [1.807, 2.05) is 6.07 Å². The van der Waals surface area contributed by atoms with Gasteiger partial charge in [-0.15, -0.1) is 11.8 Å². The van der Waals surface area contributed by atoms with E-state index in [9.17, 15) is 26.0 Å². The molecule has 1 amide bonds. The van der Waals surface area contributed by atoms with Crippen LogP contribution in [-0.2, 0) is 24.8 Å². The summed E-state index contributed by atoms with van der Waals surface area (Å²) in [7, 11) is -4.62. The van der Waals surface area contributed by atoms with Gasteiger partial charge in [-0.25, -0.2) is 17.5 Å². The smallest absolute Gasteiger partial charge is 0.278 e. The molecule has 0 bridgehead atoms. The number of carbonyl (C=O) groups excluding carboxylic acids is 1. The van der Waals surface area contributed by atoms with E-state index in [1.165, 1.54) is 26.2 Å². The first-order chi connectivity index (χ1) is 15.5. The highest BCUT2D eigenvalue weighted by atomic mass is 32.2. The Balaban J connectivity index is 2.03. The molecule has 2 N–H and O–H groups in total. The van der Waals surface area contributed by atoms with E-state index in [4.69, 9.17) is 5.26 Å². The zero-order valence-corrected chi connectivity index (χ0v) is 21.0. The number of rotatable bonds is 11. The van der Waals surface area contributed by atoms with Crippen LogP contribution in [0.3, 0.4) is 0 Å². The number of sulfone groups is 1. The van der Waals surface area contributed by atoms with Crippen LogP contribution in [0.25, 0.3) is 0 Å². The maximum atomic E-state index is 14.6. The predicted octanol–water partition coefficient (Wildman–Crippen LogP) is 1.53. The van der Waals surface area contributed by atoms with E-state index in [0.717, 1.165) is 35.0 Å². The summed E-state index contributed by atoms with van der Waals surface area (Å²) in [5.41, 5.74) is 0. The van der Waals surface area contributed by atoms with Gasteiger partial charge in [-0.2, -0.15) is 18.0 Å². The number of benzene rings is 1. The molecule has 0 radical (unpaired) electrons. The normalized spacial score (nSPS) is 19.2. The van der Waals surface area contributed by atoms with Gasteiger partial charge in [-0.3, -0.25) is 4.79 Å². The Hall–Kier alpha value is -1.72. The number of nitrogens with one attached hydrogen (secondary N) is 2. The van der Waals surface area contributed by atoms with Crippen LogP contribution >= 0.6 is 11.8 Å². The van der Waals surface area contributed by atoms with Crippen molar-refractivity contribution in [2.75, 3.05) is 38.7 Å². The van der Waals surface area contributed by atoms with Crippen molar-refractivity contribution >= 4 is 37.7 Å². The van der Waals surface area contributed by atoms with Crippen LogP contribution in [-0.4, -0.2) is 65.7 Å². The maximum absolute atomic E-state index is 14.6. The molecule has 0 aromatic heterocycles. The van der Waals surface area contributed by atoms with Gasteiger partial charge in [0.15, 0.2) is 9.84 Å². The second-order valence-corrected chi connectivity index (χ2v) is 13.1. The summed E-state index contributed by atoms with van der Waals surface area (Å²) in [5, 5.41) is 11.2. The molecular weight excluding hydrogens is 491 g/mol. The summed E-state index contributed by atoms with van der Waals surface area (Å²) < 4.78 is 67.2. The summed E-state index contributed by atoms with van der Waals surface area (Å²) in [6.45, 7) is -0.0443. The molecule has 0 aliphatic heterocycles. The Bertz CT molecular complexity index is 1090. The third-order valence-corrected chi connectivity index (χ3v) is 9.83. The minimum absolute atomic E-state index is 0.0849. The average molecular weight is 521 g/mol. The van der Waals surface area contributed by atoms with Gasteiger partial charge in [0.2, 0.25) is 5.91 Å². The molecule has 1 aromatic rings. The molecule has 0 spiro atoms. The number of nitrogens with zero attached hydrogens (tertiary/aromatic N) is 2. The first-order valence-corrected chi connectivity index (χ1v) is 14.5. The predicted molar refractivity (Wildman–Crippen MR) is 124 cm³/mol. The maximum Gasteiger partial charge on any atom is 0.278 e. The van der Waals surface area contributed by atoms with Gasteiger partial charge < -0.3 is 5.32 Å². The third-order valence-electron chi connectivity index (χ3n) is 5.41. The lowest BCUT2D eigenvalue weighted by Crippen LogP contribution is -2.39. The number of amides is 1. The van der Waals surface area contributed by atoms with Gasteiger partial charge >= 0.3 is 0 Å². The summed E-state index contributed by atoms with van der Waals surface area (Å²) >= 11 is 1.07. The SMILES string of the molecule is CN(C)S(=O)(=O)NCCSc1ccc(S(=O)(=O)C[C@H]2CCCC[C@@H]2C(=O)NCC#N)cc1F. The highest BCUT2D eigenvalue weighted by molar-refractivity contribution is 7.99. The lowest BCUT2D eigenvalue weighted by Gasteiger charge is -2.30. The Morgan fingerprint density at radius 2 is 1.94 bits per heavy atom. The lowest BCUT2D eigenvalue weighted by atomic mass is 9.80. The molecule has 2 rings (SSSR count). The van der Waals surface area contributed by atoms with Crippen molar-refractivity contribution < 1.29 is 26.0 Å². The summed E-state index contributed by atoms with van der Waals surface area (Å²) in [4.78, 5) is 12.4. The molecule has 0 heterocycles. The van der Waals surface area contributed by atoms with Gasteiger partial charge in [0.25, 0.3) is 10.2 Å². The minimum atomic E-state index is -3.83. The van der Waals surface area contributed by atoms with Gasteiger partial charge in [-0.05, 0) is 37.0 Å². The van der Waals surface area contributed by atoms with Crippen LogP contribution in [0.4, 0.5) is 4.39 Å². The Morgan fingerprint density at radius 1 is 1.24 bits per heavy atom. The van der Waals surface area contributed by atoms with E-state index in [2.05, 4.69) is 10.0 Å². The molecule has 1 aromatic carbocycles. The minimum Gasteiger partial charge on any atom is -0.343 e. The molecule has 2 atom stereocenters. The third kappa shape index (κ3) is 7.92. The Labute approximate surface area is 199 Å². The van der Waals surface area contributed by atoms with Crippen molar-refractivity contribution in [3.63, 3.8) is 0 Å². The molecule has 184 valence electrons. The molecule has 1 saturated carbocycles. The molecule has 0 unspecified atom stereocenters. The number of thioether (sulfide) groups is 1. The van der Waals surface area contributed by atoms with E-state index >= 15 is 0 Å². The second kappa shape index (κ2) is 12.1. The number of halogens is 1. The van der Waals surface area contributed by atoms with Crippen molar-refractivity contribution in [3.8, 4) is 6.07 Å². The highest BCUT2D eigenvalue weighted by Crippen LogP contribution is 2.33. The number of hydrogen-bond acceptors (Lipinski definition) is 7. The van der Waals surface area contributed by atoms with Gasteiger partial charge in [0, 0.05) is 37.2 Å². The fourth-order valence-electron chi connectivity index (χ4n) is 3.64. The van der Waals surface area contributed by atoms with Crippen molar-refractivity contribution in [2.45, 2.75) is 35.5 Å². The summed E-state index contributed by atoms with van der Waals surface area (Å²) in [6, 6.07) is 5.50. The summed E-state index contributed by atoms with van der Waals surface area (Å²) in [6.07, 6.45) is 2.75. The molecule has 0 saturated heterocycles. The first-order valence-electron chi connectivity index (χ1n) is 10.4. The molecule has 1 aliphatic rings. The monoisotopic (exact) mass is 520 g/mol. The van der Waals surface area contributed by atoms with Crippen LogP contribution in [0.5, 0.6) is 0 Å². The zero-order chi connectivity index (χ0) is 24.6. The van der Waals surface area contributed by atoms with Crippen LogP contribution < -0.4 is 10.0 Å². The van der Waals surface area contributed by atoms with E-state index in [1.54, 1.807) is 0 Å².